The Kier molecular flexibility index (Phi) is 4.47. The molecule has 2 amide bonds. The summed E-state index contributed by atoms with van der Waals surface area (Å²) in [5, 5.41) is 0.964. The number of fused-ring (bicyclic) bond motifs is 2. The van der Waals surface area contributed by atoms with Crippen LogP contribution in [0, 0.1) is 0 Å². The molecule has 6 nitrogen and oxygen atoms in total. The van der Waals surface area contributed by atoms with E-state index in [1.54, 1.807) is 24.3 Å². The van der Waals surface area contributed by atoms with Crippen molar-refractivity contribution in [1.29, 1.82) is 0 Å². The van der Waals surface area contributed by atoms with Crippen molar-refractivity contribution in [3.05, 3.63) is 68.9 Å². The average Bonchev–Trinajstić information content (AvgIpc) is 3.14. The van der Waals surface area contributed by atoms with Crippen LogP contribution in [0.25, 0.3) is 16.7 Å². The minimum absolute atomic E-state index is 0.00428. The maximum atomic E-state index is 13.0. The molecule has 3 aromatic rings. The molecule has 0 bridgehead atoms. The van der Waals surface area contributed by atoms with E-state index in [2.05, 4.69) is 0 Å². The molecule has 0 saturated carbocycles. The van der Waals surface area contributed by atoms with Crippen LogP contribution >= 0.6 is 23.2 Å². The molecular formula is C20H12Cl2N2O4. The van der Waals surface area contributed by atoms with Crippen molar-refractivity contribution in [1.82, 2.24) is 4.90 Å². The lowest BCUT2D eigenvalue weighted by Crippen LogP contribution is -2.35. The number of furan rings is 1. The molecule has 1 aliphatic rings. The third kappa shape index (κ3) is 2.79. The molecule has 0 radical (unpaired) electrons. The molecule has 0 unspecified atom stereocenters. The lowest BCUT2D eigenvalue weighted by atomic mass is 9.93. The van der Waals surface area contributed by atoms with Crippen molar-refractivity contribution in [2.75, 3.05) is 6.54 Å². The first kappa shape index (κ1) is 18.3. The number of nitrogens with two attached hydrogens (primary N) is 1. The van der Waals surface area contributed by atoms with Crippen LogP contribution in [-0.4, -0.2) is 29.2 Å². The van der Waals surface area contributed by atoms with Crippen molar-refractivity contribution in [2.24, 2.45) is 5.73 Å². The summed E-state index contributed by atoms with van der Waals surface area (Å²) in [6, 6.07) is 8.25. The van der Waals surface area contributed by atoms with Gasteiger partial charge in [0.1, 0.15) is 11.3 Å². The highest BCUT2D eigenvalue weighted by molar-refractivity contribution is 6.40. The second-order valence-corrected chi connectivity index (χ2v) is 7.05. The number of halogens is 2. The van der Waals surface area contributed by atoms with E-state index in [9.17, 15) is 14.4 Å². The number of carbonyl (C=O) groups excluding carboxylic acids is 3. The van der Waals surface area contributed by atoms with Gasteiger partial charge in [-0.25, -0.2) is 4.79 Å². The second-order valence-electron chi connectivity index (χ2n) is 6.27. The van der Waals surface area contributed by atoms with Gasteiger partial charge in [0.25, 0.3) is 11.8 Å². The van der Waals surface area contributed by atoms with Crippen molar-refractivity contribution < 1.29 is 18.8 Å². The van der Waals surface area contributed by atoms with Crippen molar-refractivity contribution in [2.45, 2.75) is 6.42 Å². The molecule has 2 heterocycles. The molecule has 0 aliphatic carbocycles. The molecule has 140 valence electrons. The topological polar surface area (TPSA) is 93.6 Å². The zero-order valence-corrected chi connectivity index (χ0v) is 15.8. The normalized spacial score (nSPS) is 13.4. The summed E-state index contributed by atoms with van der Waals surface area (Å²) in [6.45, 7) is 0.187. The standard InChI is InChI=1S/C20H12Cl2N2O4/c21-14-8-13-12(18(22)17(14)19(23)26)3-5-24(15(13)9-25)20(27)11-2-1-10-4-6-28-16(10)7-11/h1-2,4,6-8H,3,5H2,(H2,23,26). The largest absolute Gasteiger partial charge is 0.464 e. The lowest BCUT2D eigenvalue weighted by Gasteiger charge is -2.30. The zero-order chi connectivity index (χ0) is 20.0. The Balaban J connectivity index is 1.79. The van der Waals surface area contributed by atoms with Crippen LogP contribution in [0.15, 0.2) is 41.0 Å². The number of benzene rings is 2. The predicted octanol–water partition coefficient (Wildman–Crippen LogP) is 3.71. The minimum Gasteiger partial charge on any atom is -0.464 e. The van der Waals surface area contributed by atoms with E-state index in [0.29, 0.717) is 28.7 Å². The van der Waals surface area contributed by atoms with Crippen LogP contribution in [0.3, 0.4) is 0 Å². The van der Waals surface area contributed by atoms with Gasteiger partial charge < -0.3 is 10.2 Å². The van der Waals surface area contributed by atoms with Gasteiger partial charge in [-0.2, -0.15) is 0 Å². The third-order valence-corrected chi connectivity index (χ3v) is 5.44. The zero-order valence-electron chi connectivity index (χ0n) is 14.3. The quantitative estimate of drug-likeness (QED) is 0.646. The number of amides is 2. The second kappa shape index (κ2) is 6.84. The number of nitrogens with zero attached hydrogens (tertiary/aromatic N) is 1. The molecule has 2 aromatic carbocycles. The van der Waals surface area contributed by atoms with Crippen LogP contribution in [0.1, 0.15) is 31.8 Å². The summed E-state index contributed by atoms with van der Waals surface area (Å²) in [7, 11) is 0. The summed E-state index contributed by atoms with van der Waals surface area (Å²) >= 11 is 12.4. The van der Waals surface area contributed by atoms with Gasteiger partial charge in [0.15, 0.2) is 5.94 Å². The molecule has 2 N–H and O–H groups in total. The Morgan fingerprint density at radius 2 is 1.96 bits per heavy atom. The van der Waals surface area contributed by atoms with E-state index in [1.165, 1.54) is 17.2 Å². The highest BCUT2D eigenvalue weighted by atomic mass is 35.5. The summed E-state index contributed by atoms with van der Waals surface area (Å²) in [5.74, 6) is 0.666. The third-order valence-electron chi connectivity index (χ3n) is 4.72. The van der Waals surface area contributed by atoms with Crippen LogP contribution in [0.2, 0.25) is 10.0 Å². The lowest BCUT2D eigenvalue weighted by molar-refractivity contribution is 0.0833. The summed E-state index contributed by atoms with van der Waals surface area (Å²) in [5.41, 5.74) is 7.16. The number of primary amides is 1. The van der Waals surface area contributed by atoms with Gasteiger partial charge in [-0.15, -0.1) is 0 Å². The molecule has 8 heteroatoms. The minimum atomic E-state index is -0.764. The Morgan fingerprint density at radius 1 is 1.18 bits per heavy atom. The highest BCUT2D eigenvalue weighted by Gasteiger charge is 2.31. The van der Waals surface area contributed by atoms with Gasteiger partial charge in [-0.05, 0) is 36.2 Å². The van der Waals surface area contributed by atoms with Gasteiger partial charge in [0.2, 0.25) is 0 Å². The summed E-state index contributed by atoms with van der Waals surface area (Å²) < 4.78 is 5.34. The molecule has 1 aliphatic heterocycles. The Bertz CT molecular complexity index is 1210. The van der Waals surface area contributed by atoms with Gasteiger partial charge in [0, 0.05) is 23.1 Å². The Morgan fingerprint density at radius 3 is 2.68 bits per heavy atom. The molecular weight excluding hydrogens is 403 g/mol. The van der Waals surface area contributed by atoms with E-state index in [-0.39, 0.29) is 33.8 Å². The number of hydrogen-bond donors (Lipinski definition) is 1. The van der Waals surface area contributed by atoms with Crippen LogP contribution in [0.4, 0.5) is 0 Å². The van der Waals surface area contributed by atoms with Gasteiger partial charge in [0.05, 0.1) is 21.9 Å². The van der Waals surface area contributed by atoms with Crippen molar-refractivity contribution >= 4 is 57.6 Å². The number of rotatable bonds is 2. The van der Waals surface area contributed by atoms with Gasteiger partial charge >= 0.3 is 0 Å². The van der Waals surface area contributed by atoms with Crippen LogP contribution < -0.4 is 5.73 Å². The van der Waals surface area contributed by atoms with E-state index in [4.69, 9.17) is 33.4 Å². The van der Waals surface area contributed by atoms with E-state index >= 15 is 0 Å². The van der Waals surface area contributed by atoms with E-state index in [0.717, 1.165) is 5.39 Å². The fourth-order valence-corrected chi connectivity index (χ4v) is 4.12. The summed E-state index contributed by atoms with van der Waals surface area (Å²) in [4.78, 5) is 37.7. The molecule has 4 rings (SSSR count). The van der Waals surface area contributed by atoms with Gasteiger partial charge in [-0.1, -0.05) is 29.3 Å². The fraction of sp³-hybridized carbons (Fsp3) is 0.100. The highest BCUT2D eigenvalue weighted by Crippen LogP contribution is 2.38. The first-order valence-electron chi connectivity index (χ1n) is 8.27. The fourth-order valence-electron chi connectivity index (χ4n) is 3.38. The Hall–Kier alpha value is -3.05. The van der Waals surface area contributed by atoms with E-state index in [1.807, 2.05) is 5.94 Å². The smallest absolute Gasteiger partial charge is 0.258 e. The van der Waals surface area contributed by atoms with E-state index < -0.39 is 5.91 Å². The van der Waals surface area contributed by atoms with Crippen LogP contribution in [-0.2, 0) is 11.2 Å². The van der Waals surface area contributed by atoms with Crippen molar-refractivity contribution in [3.63, 3.8) is 0 Å². The van der Waals surface area contributed by atoms with Gasteiger partial charge in [-0.3, -0.25) is 14.5 Å². The number of carbonyl (C=O) groups is 2. The number of hydrogen-bond acceptors (Lipinski definition) is 4. The maximum Gasteiger partial charge on any atom is 0.258 e. The predicted molar refractivity (Wildman–Crippen MR) is 105 cm³/mol. The average molecular weight is 415 g/mol. The van der Waals surface area contributed by atoms with Crippen molar-refractivity contribution in [3.8, 4) is 0 Å². The summed E-state index contributed by atoms with van der Waals surface area (Å²) in [6.07, 6.45) is 1.86. The SMILES string of the molecule is NC(=O)c1c(Cl)cc2c(c1Cl)CCN(C(=O)c1ccc3ccoc3c1)C2=C=O. The molecule has 1 aromatic heterocycles. The molecule has 0 atom stereocenters. The van der Waals surface area contributed by atoms with Crippen LogP contribution in [0.5, 0.6) is 0 Å². The monoisotopic (exact) mass is 414 g/mol. The Labute approximate surface area is 169 Å². The molecule has 28 heavy (non-hydrogen) atoms. The first-order valence-corrected chi connectivity index (χ1v) is 9.03. The first-order chi connectivity index (χ1) is 13.4. The molecule has 0 fully saturated rings. The molecule has 0 saturated heterocycles. The molecule has 0 spiro atoms. The maximum absolute atomic E-state index is 13.0.